The van der Waals surface area contributed by atoms with Crippen LogP contribution in [0.5, 0.6) is 0 Å². The van der Waals surface area contributed by atoms with E-state index in [1.165, 1.54) is 30.9 Å². The molecular weight excluding hydrogens is 276 g/mol. The molecule has 2 rings (SSSR count). The molecule has 2 amide bonds. The third-order valence-corrected chi connectivity index (χ3v) is 2.24. The number of amides is 2. The fourth-order valence-electron chi connectivity index (χ4n) is 1.28. The molecule has 0 aliphatic carbocycles. The second-order valence-electron chi connectivity index (χ2n) is 3.85. The monoisotopic (exact) mass is 288 g/mol. The van der Waals surface area contributed by atoms with Crippen molar-refractivity contribution in [3.8, 4) is 0 Å². The summed E-state index contributed by atoms with van der Waals surface area (Å²) < 4.78 is 9.79. The van der Waals surface area contributed by atoms with E-state index in [4.69, 9.17) is 8.83 Å². The van der Waals surface area contributed by atoms with Gasteiger partial charge in [0.05, 0.1) is 24.5 Å². The Bertz CT molecular complexity index is 656. The van der Waals surface area contributed by atoms with Crippen LogP contribution in [-0.2, 0) is 0 Å². The predicted molar refractivity (Wildman–Crippen MR) is 73.9 cm³/mol. The molecule has 0 bridgehead atoms. The summed E-state index contributed by atoms with van der Waals surface area (Å²) in [6.45, 7) is 1.60. The number of hydrogen-bond donors (Lipinski definition) is 2. The van der Waals surface area contributed by atoms with Crippen LogP contribution in [-0.4, -0.2) is 23.7 Å². The Balaban J connectivity index is 1.82. The second-order valence-corrected chi connectivity index (χ2v) is 3.85. The Morgan fingerprint density at radius 2 is 1.62 bits per heavy atom. The van der Waals surface area contributed by atoms with Crippen LogP contribution in [0.2, 0.25) is 0 Å². The summed E-state index contributed by atoms with van der Waals surface area (Å²) in [5.74, 6) is -0.668. The van der Waals surface area contributed by atoms with E-state index in [1.807, 2.05) is 0 Å². The molecule has 0 saturated carbocycles. The van der Waals surface area contributed by atoms with Gasteiger partial charge in [0, 0.05) is 0 Å². The van der Waals surface area contributed by atoms with Gasteiger partial charge in [0.1, 0.15) is 0 Å². The first-order chi connectivity index (χ1) is 10.2. The van der Waals surface area contributed by atoms with Crippen molar-refractivity contribution in [1.29, 1.82) is 0 Å². The van der Waals surface area contributed by atoms with Gasteiger partial charge in [-0.25, -0.2) is 10.9 Å². The van der Waals surface area contributed by atoms with Crippen molar-refractivity contribution in [2.75, 3.05) is 0 Å². The summed E-state index contributed by atoms with van der Waals surface area (Å²) in [5, 5.41) is 7.45. The highest BCUT2D eigenvalue weighted by atomic mass is 16.3. The Hall–Kier alpha value is -3.16. The molecule has 2 heterocycles. The van der Waals surface area contributed by atoms with E-state index in [1.54, 1.807) is 19.1 Å². The summed E-state index contributed by atoms with van der Waals surface area (Å²) >= 11 is 0. The third-order valence-electron chi connectivity index (χ3n) is 2.24. The average Bonchev–Trinajstić information content (AvgIpc) is 3.16. The Morgan fingerprint density at radius 1 is 1.05 bits per heavy atom. The number of rotatable bonds is 5. The second kappa shape index (κ2) is 6.85. The molecule has 2 aromatic rings. The summed E-state index contributed by atoms with van der Waals surface area (Å²) in [6, 6.07) is 6.21. The molecule has 2 N–H and O–H groups in total. The lowest BCUT2D eigenvalue weighted by molar-refractivity contribution is 0.0919. The fourth-order valence-corrected chi connectivity index (χ4v) is 1.28. The SMILES string of the molecule is CC(/C=N\NC(=O)c1ccco1)=N/NC(=O)c1ccco1. The lowest BCUT2D eigenvalue weighted by Crippen LogP contribution is -2.20. The molecule has 0 atom stereocenters. The zero-order valence-corrected chi connectivity index (χ0v) is 11.1. The molecule has 0 radical (unpaired) electrons. The lowest BCUT2D eigenvalue weighted by atomic mass is 10.4. The van der Waals surface area contributed by atoms with Crippen LogP contribution >= 0.6 is 0 Å². The number of hydrazone groups is 2. The number of nitrogens with one attached hydrogen (secondary N) is 2. The number of carbonyl (C=O) groups is 2. The standard InChI is InChI=1S/C13H12N4O4/c1-9(15-17-13(19)11-5-3-7-21-11)8-14-16-12(18)10-4-2-6-20-10/h2-8H,1H3,(H,16,18)(H,17,19)/b14-8-,15-9-. The molecule has 8 nitrogen and oxygen atoms in total. The molecular formula is C13H12N4O4. The predicted octanol–water partition coefficient (Wildman–Crippen LogP) is 1.39. The van der Waals surface area contributed by atoms with Crippen LogP contribution < -0.4 is 10.9 Å². The van der Waals surface area contributed by atoms with Crippen LogP contribution in [0.3, 0.4) is 0 Å². The summed E-state index contributed by atoms with van der Waals surface area (Å²) in [7, 11) is 0. The van der Waals surface area contributed by atoms with Gasteiger partial charge in [-0.15, -0.1) is 0 Å². The molecule has 2 aromatic heterocycles. The van der Waals surface area contributed by atoms with E-state index in [9.17, 15) is 9.59 Å². The first kappa shape index (κ1) is 14.3. The maximum absolute atomic E-state index is 11.5. The first-order valence-corrected chi connectivity index (χ1v) is 5.92. The molecule has 0 aromatic carbocycles. The average molecular weight is 288 g/mol. The van der Waals surface area contributed by atoms with Crippen LogP contribution in [0.25, 0.3) is 0 Å². The van der Waals surface area contributed by atoms with Crippen molar-refractivity contribution < 1.29 is 18.4 Å². The fraction of sp³-hybridized carbons (Fsp3) is 0.0769. The number of furan rings is 2. The highest BCUT2D eigenvalue weighted by Gasteiger charge is 2.07. The van der Waals surface area contributed by atoms with Gasteiger partial charge in [0.15, 0.2) is 11.5 Å². The van der Waals surface area contributed by atoms with Crippen LogP contribution in [0, 0.1) is 0 Å². The lowest BCUT2D eigenvalue weighted by Gasteiger charge is -1.97. The van der Waals surface area contributed by atoms with Gasteiger partial charge in [-0.1, -0.05) is 0 Å². The molecule has 8 heteroatoms. The molecule has 21 heavy (non-hydrogen) atoms. The minimum absolute atomic E-state index is 0.146. The van der Waals surface area contributed by atoms with E-state index in [-0.39, 0.29) is 11.5 Å². The normalized spacial score (nSPS) is 11.6. The zero-order valence-electron chi connectivity index (χ0n) is 11.1. The van der Waals surface area contributed by atoms with Crippen molar-refractivity contribution in [1.82, 2.24) is 10.9 Å². The summed E-state index contributed by atoms with van der Waals surface area (Å²) in [4.78, 5) is 23.0. The Morgan fingerprint density at radius 3 is 2.14 bits per heavy atom. The molecule has 0 unspecified atom stereocenters. The van der Waals surface area contributed by atoms with Crippen molar-refractivity contribution in [3.63, 3.8) is 0 Å². The number of carbonyl (C=O) groups excluding carboxylic acids is 2. The minimum atomic E-state index is -0.483. The van der Waals surface area contributed by atoms with Gasteiger partial charge in [-0.2, -0.15) is 10.2 Å². The molecule has 0 saturated heterocycles. The van der Waals surface area contributed by atoms with Gasteiger partial charge >= 0.3 is 11.8 Å². The van der Waals surface area contributed by atoms with E-state index >= 15 is 0 Å². The van der Waals surface area contributed by atoms with Crippen LogP contribution in [0.15, 0.2) is 55.8 Å². The highest BCUT2D eigenvalue weighted by Crippen LogP contribution is 1.99. The minimum Gasteiger partial charge on any atom is -0.459 e. The van der Waals surface area contributed by atoms with Crippen molar-refractivity contribution in [2.24, 2.45) is 10.2 Å². The molecule has 0 aliphatic rings. The van der Waals surface area contributed by atoms with Gasteiger partial charge in [0.2, 0.25) is 0 Å². The van der Waals surface area contributed by atoms with Crippen molar-refractivity contribution in [3.05, 3.63) is 48.3 Å². The summed E-state index contributed by atoms with van der Waals surface area (Å²) in [5.41, 5.74) is 4.92. The molecule has 0 aliphatic heterocycles. The van der Waals surface area contributed by atoms with E-state index in [0.29, 0.717) is 5.71 Å². The maximum Gasteiger partial charge on any atom is 0.307 e. The van der Waals surface area contributed by atoms with Crippen molar-refractivity contribution >= 4 is 23.7 Å². The maximum atomic E-state index is 11.5. The Kier molecular flexibility index (Phi) is 4.65. The number of nitrogens with zero attached hydrogens (tertiary/aromatic N) is 2. The van der Waals surface area contributed by atoms with Crippen LogP contribution in [0.4, 0.5) is 0 Å². The summed E-state index contributed by atoms with van der Waals surface area (Å²) in [6.07, 6.45) is 4.05. The topological polar surface area (TPSA) is 109 Å². The molecule has 0 fully saturated rings. The molecule has 108 valence electrons. The molecule has 0 spiro atoms. The quantitative estimate of drug-likeness (QED) is 0.640. The van der Waals surface area contributed by atoms with E-state index in [2.05, 4.69) is 21.1 Å². The van der Waals surface area contributed by atoms with Gasteiger partial charge in [0.25, 0.3) is 0 Å². The van der Waals surface area contributed by atoms with Crippen LogP contribution in [0.1, 0.15) is 28.0 Å². The van der Waals surface area contributed by atoms with Crippen molar-refractivity contribution in [2.45, 2.75) is 6.92 Å². The van der Waals surface area contributed by atoms with Gasteiger partial charge < -0.3 is 8.83 Å². The highest BCUT2D eigenvalue weighted by molar-refractivity contribution is 6.29. The van der Waals surface area contributed by atoms with Gasteiger partial charge in [-0.05, 0) is 31.2 Å². The third kappa shape index (κ3) is 4.16. The number of hydrogen-bond acceptors (Lipinski definition) is 6. The van der Waals surface area contributed by atoms with Gasteiger partial charge in [-0.3, -0.25) is 9.59 Å². The first-order valence-electron chi connectivity index (χ1n) is 5.92. The van der Waals surface area contributed by atoms with E-state index < -0.39 is 11.8 Å². The largest absolute Gasteiger partial charge is 0.459 e. The van der Waals surface area contributed by atoms with E-state index in [0.717, 1.165) is 0 Å². The smallest absolute Gasteiger partial charge is 0.307 e. The Labute approximate surface area is 119 Å². The zero-order chi connectivity index (χ0) is 15.1.